The number of allylic oxidation sites excluding steroid dienone is 2. The number of nitrogens with zero attached hydrogens (tertiary/aromatic N) is 4. The van der Waals surface area contributed by atoms with E-state index >= 15 is 0 Å². The summed E-state index contributed by atoms with van der Waals surface area (Å²) in [6.45, 7) is 7.33. The minimum absolute atomic E-state index is 0.0504. The molecule has 9 heteroatoms. The standard InChI is InChI=1S/C40H47N7O2/c1-29-28-45(33-12-10-30(11-13-33)36(9-6-26-48)40(49)43-2)24-25-46(29)35-18-21-44(22-19-35)32-14-16-34(17-15-32)47-23-20-37(41)39(47)27-38(42)31-7-4-3-5-8-31/h3-5,7-8,10-17,20,23,26-27,29,35-36,41-42H,6,9,18-19,21-22,24-25,28H2,1-2H3,(H,43,49)/b39-27+,41-37?,42-38?. The van der Waals surface area contributed by atoms with Crippen LogP contribution in [0.1, 0.15) is 49.7 Å². The van der Waals surface area contributed by atoms with Gasteiger partial charge in [0.2, 0.25) is 5.91 Å². The number of anilines is 3. The molecule has 0 aliphatic carbocycles. The number of likely N-dealkylation sites (N-methyl/N-ethyl adjacent to an activating group) is 1. The summed E-state index contributed by atoms with van der Waals surface area (Å²) in [5, 5.41) is 19.7. The molecule has 0 saturated carbocycles. The lowest BCUT2D eigenvalue weighted by Crippen LogP contribution is -2.57. The van der Waals surface area contributed by atoms with E-state index in [4.69, 9.17) is 10.8 Å². The maximum atomic E-state index is 12.4. The van der Waals surface area contributed by atoms with Gasteiger partial charge in [-0.25, -0.2) is 0 Å². The van der Waals surface area contributed by atoms with Gasteiger partial charge in [-0.05, 0) is 85.9 Å². The molecule has 49 heavy (non-hydrogen) atoms. The van der Waals surface area contributed by atoms with E-state index in [1.807, 2.05) is 53.6 Å². The van der Waals surface area contributed by atoms with E-state index < -0.39 is 0 Å². The molecule has 2 saturated heterocycles. The van der Waals surface area contributed by atoms with Crippen molar-refractivity contribution in [3.63, 3.8) is 0 Å². The Hall–Kier alpha value is -5.02. The van der Waals surface area contributed by atoms with Crippen molar-refractivity contribution in [3.05, 3.63) is 114 Å². The van der Waals surface area contributed by atoms with Gasteiger partial charge in [-0.3, -0.25) is 15.1 Å². The summed E-state index contributed by atoms with van der Waals surface area (Å²) in [6.07, 6.45) is 9.49. The second-order valence-corrected chi connectivity index (χ2v) is 13.2. The smallest absolute Gasteiger partial charge is 0.227 e. The molecule has 9 nitrogen and oxygen atoms in total. The molecule has 3 N–H and O–H groups in total. The Labute approximate surface area is 289 Å². The number of benzene rings is 3. The number of piperidine rings is 1. The molecule has 3 aliphatic heterocycles. The van der Waals surface area contributed by atoms with E-state index in [1.165, 1.54) is 11.4 Å². The maximum Gasteiger partial charge on any atom is 0.227 e. The zero-order valence-electron chi connectivity index (χ0n) is 28.5. The van der Waals surface area contributed by atoms with Crippen molar-refractivity contribution < 1.29 is 9.59 Å². The summed E-state index contributed by atoms with van der Waals surface area (Å²) in [5.74, 6) is -0.358. The fraction of sp³-hybridized carbons (Fsp3) is 0.350. The third-order valence-corrected chi connectivity index (χ3v) is 10.2. The van der Waals surface area contributed by atoms with Crippen LogP contribution in [0, 0.1) is 10.8 Å². The van der Waals surface area contributed by atoms with Crippen molar-refractivity contribution in [2.24, 2.45) is 0 Å². The average molecular weight is 658 g/mol. The lowest BCUT2D eigenvalue weighted by atomic mass is 9.93. The van der Waals surface area contributed by atoms with E-state index in [9.17, 15) is 9.59 Å². The fourth-order valence-electron chi connectivity index (χ4n) is 7.46. The van der Waals surface area contributed by atoms with Crippen LogP contribution in [-0.2, 0) is 9.59 Å². The lowest BCUT2D eigenvalue weighted by Gasteiger charge is -2.47. The quantitative estimate of drug-likeness (QED) is 0.173. The number of piperazine rings is 1. The van der Waals surface area contributed by atoms with Crippen LogP contribution in [0.2, 0.25) is 0 Å². The zero-order chi connectivity index (χ0) is 34.3. The van der Waals surface area contributed by atoms with Crippen LogP contribution in [0.3, 0.4) is 0 Å². The highest BCUT2D eigenvalue weighted by molar-refractivity contribution is 6.18. The van der Waals surface area contributed by atoms with E-state index in [2.05, 4.69) is 63.3 Å². The normalized spacial score (nSPS) is 20.1. The SMILES string of the molecule is CNC(=O)C(CCC=O)c1ccc(N2CCN(C3CCN(c4ccc(N5C=CC(=N)/C5=C\C(=N)c5ccccc5)cc4)CC3)C(C)C2)cc1. The number of hydrogen-bond donors (Lipinski definition) is 3. The molecule has 3 aromatic rings. The van der Waals surface area contributed by atoms with Crippen LogP contribution >= 0.6 is 0 Å². The van der Waals surface area contributed by atoms with Gasteiger partial charge in [0.25, 0.3) is 0 Å². The molecule has 2 unspecified atom stereocenters. The van der Waals surface area contributed by atoms with Crippen molar-refractivity contribution in [1.29, 1.82) is 10.8 Å². The van der Waals surface area contributed by atoms with Gasteiger partial charge in [0, 0.05) is 81.5 Å². The summed E-state index contributed by atoms with van der Waals surface area (Å²) in [6, 6.07) is 27.5. The number of nitrogens with one attached hydrogen (secondary N) is 3. The molecule has 254 valence electrons. The highest BCUT2D eigenvalue weighted by atomic mass is 16.1. The van der Waals surface area contributed by atoms with Crippen LogP contribution in [0.15, 0.2) is 103 Å². The second kappa shape index (κ2) is 15.5. The molecule has 0 aromatic heterocycles. The molecule has 0 spiro atoms. The Morgan fingerprint density at radius 1 is 0.898 bits per heavy atom. The molecule has 3 aromatic carbocycles. The third-order valence-electron chi connectivity index (χ3n) is 10.2. The largest absolute Gasteiger partial charge is 0.371 e. The van der Waals surface area contributed by atoms with Crippen molar-refractivity contribution >= 4 is 40.7 Å². The molecular weight excluding hydrogens is 610 g/mol. The van der Waals surface area contributed by atoms with E-state index in [0.29, 0.717) is 42.0 Å². The Bertz CT molecular complexity index is 1690. The van der Waals surface area contributed by atoms with Crippen LogP contribution in [-0.4, -0.2) is 80.4 Å². The summed E-state index contributed by atoms with van der Waals surface area (Å²) < 4.78 is 0. The van der Waals surface area contributed by atoms with Crippen LogP contribution in [0.5, 0.6) is 0 Å². The van der Waals surface area contributed by atoms with Crippen molar-refractivity contribution in [1.82, 2.24) is 10.2 Å². The Morgan fingerprint density at radius 2 is 1.55 bits per heavy atom. The summed E-state index contributed by atoms with van der Waals surface area (Å²) in [7, 11) is 1.64. The molecule has 6 rings (SSSR count). The number of rotatable bonds is 11. The van der Waals surface area contributed by atoms with Crippen molar-refractivity contribution in [2.75, 3.05) is 54.5 Å². The first kappa shape index (κ1) is 33.9. The van der Waals surface area contributed by atoms with Crippen molar-refractivity contribution in [2.45, 2.75) is 50.6 Å². The van der Waals surface area contributed by atoms with Gasteiger partial charge in [-0.2, -0.15) is 0 Å². The fourth-order valence-corrected chi connectivity index (χ4v) is 7.46. The highest BCUT2D eigenvalue weighted by Crippen LogP contribution is 2.31. The van der Waals surface area contributed by atoms with Crippen LogP contribution in [0.4, 0.5) is 17.1 Å². The highest BCUT2D eigenvalue weighted by Gasteiger charge is 2.32. The molecule has 2 fully saturated rings. The minimum atomic E-state index is -0.307. The Balaban J connectivity index is 1.02. The first-order chi connectivity index (χ1) is 23.9. The molecular formula is C40H47N7O2. The minimum Gasteiger partial charge on any atom is -0.371 e. The lowest BCUT2D eigenvalue weighted by molar-refractivity contribution is -0.122. The monoisotopic (exact) mass is 657 g/mol. The van der Waals surface area contributed by atoms with E-state index in [1.54, 1.807) is 19.2 Å². The molecule has 3 heterocycles. The topological polar surface area (TPSA) is 107 Å². The predicted molar refractivity (Wildman–Crippen MR) is 199 cm³/mol. The Kier molecular flexibility index (Phi) is 10.7. The average Bonchev–Trinajstić information content (AvgIpc) is 3.51. The van der Waals surface area contributed by atoms with Crippen LogP contribution in [0.25, 0.3) is 0 Å². The van der Waals surface area contributed by atoms with E-state index in [0.717, 1.165) is 68.7 Å². The summed E-state index contributed by atoms with van der Waals surface area (Å²) in [5.41, 5.74) is 6.65. The van der Waals surface area contributed by atoms with Gasteiger partial charge in [0.1, 0.15) is 6.29 Å². The number of carbonyl (C=O) groups is 2. The molecule has 0 bridgehead atoms. The number of carbonyl (C=O) groups excluding carboxylic acids is 2. The first-order valence-corrected chi connectivity index (χ1v) is 17.4. The number of amides is 1. The summed E-state index contributed by atoms with van der Waals surface area (Å²) >= 11 is 0. The second-order valence-electron chi connectivity index (χ2n) is 13.2. The third kappa shape index (κ3) is 7.67. The molecule has 0 radical (unpaired) electrons. The first-order valence-electron chi connectivity index (χ1n) is 17.4. The predicted octanol–water partition coefficient (Wildman–Crippen LogP) is 5.98. The van der Waals surface area contributed by atoms with Gasteiger partial charge in [-0.1, -0.05) is 42.5 Å². The van der Waals surface area contributed by atoms with Crippen molar-refractivity contribution in [3.8, 4) is 0 Å². The number of hydrogen-bond acceptors (Lipinski definition) is 8. The molecule has 2 atom stereocenters. The molecule has 3 aliphatic rings. The maximum absolute atomic E-state index is 12.4. The van der Waals surface area contributed by atoms with Crippen LogP contribution < -0.4 is 20.0 Å². The van der Waals surface area contributed by atoms with Gasteiger partial charge in [-0.15, -0.1) is 0 Å². The molecule has 1 amide bonds. The van der Waals surface area contributed by atoms with E-state index in [-0.39, 0.29) is 11.8 Å². The van der Waals surface area contributed by atoms with Gasteiger partial charge >= 0.3 is 0 Å². The summed E-state index contributed by atoms with van der Waals surface area (Å²) in [4.78, 5) is 33.0. The zero-order valence-corrected chi connectivity index (χ0v) is 28.5. The Morgan fingerprint density at radius 3 is 2.20 bits per heavy atom. The van der Waals surface area contributed by atoms with Gasteiger partial charge < -0.3 is 30.2 Å². The number of aldehydes is 1. The van der Waals surface area contributed by atoms with Gasteiger partial charge in [0.05, 0.1) is 23.0 Å². The van der Waals surface area contributed by atoms with Gasteiger partial charge in [0.15, 0.2) is 0 Å².